The highest BCUT2D eigenvalue weighted by atomic mass is 16.4. The summed E-state index contributed by atoms with van der Waals surface area (Å²) in [4.78, 5) is 22.7. The van der Waals surface area contributed by atoms with Gasteiger partial charge >= 0.3 is 12.0 Å². The molecule has 0 aromatic heterocycles. The van der Waals surface area contributed by atoms with E-state index in [1.165, 1.54) is 18.2 Å². The molecular weight excluding hydrogens is 262 g/mol. The monoisotopic (exact) mass is 279 g/mol. The number of urea groups is 1. The average molecular weight is 279 g/mol. The van der Waals surface area contributed by atoms with Crippen LogP contribution in [-0.4, -0.2) is 41.3 Å². The molecule has 0 atom stereocenters. The number of amides is 2. The standard InChI is InChI=1S/C13H17N3O4/c17-11-2-1-9(7-10(11)12(18)19)16-13(20)15-8-3-5-14-6-4-8/h1-2,7-8,14,17H,3-6H2,(H,18,19)(H2,15,16,20). The zero-order valence-electron chi connectivity index (χ0n) is 10.8. The van der Waals surface area contributed by atoms with Crippen molar-refractivity contribution in [3.63, 3.8) is 0 Å². The van der Waals surface area contributed by atoms with Crippen LogP contribution in [0.15, 0.2) is 18.2 Å². The second-order valence-electron chi connectivity index (χ2n) is 4.66. The van der Waals surface area contributed by atoms with E-state index in [4.69, 9.17) is 5.11 Å². The molecule has 1 heterocycles. The number of carbonyl (C=O) groups is 2. The van der Waals surface area contributed by atoms with Crippen molar-refractivity contribution in [2.24, 2.45) is 0 Å². The van der Waals surface area contributed by atoms with Gasteiger partial charge in [0, 0.05) is 11.7 Å². The summed E-state index contributed by atoms with van der Waals surface area (Å²) in [5, 5.41) is 26.9. The minimum atomic E-state index is -1.25. The van der Waals surface area contributed by atoms with E-state index in [2.05, 4.69) is 16.0 Å². The van der Waals surface area contributed by atoms with Crippen LogP contribution >= 0.6 is 0 Å². The highest BCUT2D eigenvalue weighted by Crippen LogP contribution is 2.21. The Morgan fingerprint density at radius 2 is 1.95 bits per heavy atom. The third-order valence-corrected chi connectivity index (χ3v) is 3.16. The maximum Gasteiger partial charge on any atom is 0.339 e. The Balaban J connectivity index is 1.96. The van der Waals surface area contributed by atoms with Gasteiger partial charge in [-0.15, -0.1) is 0 Å². The number of hydrogen-bond acceptors (Lipinski definition) is 4. The summed E-state index contributed by atoms with van der Waals surface area (Å²) in [6.45, 7) is 1.74. The van der Waals surface area contributed by atoms with Crippen molar-refractivity contribution >= 4 is 17.7 Å². The van der Waals surface area contributed by atoms with Crippen LogP contribution in [0, 0.1) is 0 Å². The average Bonchev–Trinajstić information content (AvgIpc) is 2.41. The summed E-state index contributed by atoms with van der Waals surface area (Å²) in [5.41, 5.74) is 0.0799. The predicted octanol–water partition coefficient (Wildman–Crippen LogP) is 0.964. The summed E-state index contributed by atoms with van der Waals surface area (Å²) in [6.07, 6.45) is 1.73. The fourth-order valence-electron chi connectivity index (χ4n) is 2.10. The van der Waals surface area contributed by atoms with Crippen molar-refractivity contribution in [3.05, 3.63) is 23.8 Å². The van der Waals surface area contributed by atoms with Crippen molar-refractivity contribution in [2.75, 3.05) is 18.4 Å². The Kier molecular flexibility index (Phi) is 4.41. The molecule has 0 spiro atoms. The molecule has 7 heteroatoms. The number of piperidine rings is 1. The van der Waals surface area contributed by atoms with Crippen LogP contribution in [0.5, 0.6) is 5.75 Å². The summed E-state index contributed by atoms with van der Waals surface area (Å²) in [5.74, 6) is -1.58. The normalized spacial score (nSPS) is 15.6. The van der Waals surface area contributed by atoms with Gasteiger partial charge in [-0.1, -0.05) is 0 Å². The predicted molar refractivity (Wildman–Crippen MR) is 73.1 cm³/mol. The van der Waals surface area contributed by atoms with Crippen LogP contribution < -0.4 is 16.0 Å². The minimum Gasteiger partial charge on any atom is -0.507 e. The largest absolute Gasteiger partial charge is 0.507 e. The van der Waals surface area contributed by atoms with E-state index < -0.39 is 5.97 Å². The third-order valence-electron chi connectivity index (χ3n) is 3.16. The second-order valence-corrected chi connectivity index (χ2v) is 4.66. The van der Waals surface area contributed by atoms with Crippen LogP contribution in [-0.2, 0) is 0 Å². The molecule has 1 aromatic rings. The van der Waals surface area contributed by atoms with Crippen molar-refractivity contribution < 1.29 is 19.8 Å². The maximum atomic E-state index is 11.8. The summed E-state index contributed by atoms with van der Waals surface area (Å²) >= 11 is 0. The van der Waals surface area contributed by atoms with Crippen molar-refractivity contribution in [2.45, 2.75) is 18.9 Å². The zero-order valence-corrected chi connectivity index (χ0v) is 10.8. The quantitative estimate of drug-likeness (QED) is 0.529. The summed E-state index contributed by atoms with van der Waals surface area (Å²) in [7, 11) is 0. The topological polar surface area (TPSA) is 111 Å². The molecular formula is C13H17N3O4. The molecule has 0 radical (unpaired) electrons. The van der Waals surface area contributed by atoms with E-state index in [9.17, 15) is 14.7 Å². The number of aromatic hydroxyl groups is 1. The molecule has 1 aliphatic heterocycles. The molecule has 2 rings (SSSR count). The van der Waals surface area contributed by atoms with Gasteiger partial charge in [-0.05, 0) is 44.1 Å². The first-order valence-corrected chi connectivity index (χ1v) is 6.41. The first-order chi connectivity index (χ1) is 9.56. The molecule has 20 heavy (non-hydrogen) atoms. The van der Waals surface area contributed by atoms with E-state index in [0.29, 0.717) is 5.69 Å². The van der Waals surface area contributed by atoms with Crippen LogP contribution in [0.1, 0.15) is 23.2 Å². The molecule has 7 nitrogen and oxygen atoms in total. The Labute approximate surface area is 116 Å². The number of carboxylic acids is 1. The van der Waals surface area contributed by atoms with Gasteiger partial charge < -0.3 is 26.2 Å². The lowest BCUT2D eigenvalue weighted by molar-refractivity contribution is 0.0693. The van der Waals surface area contributed by atoms with Gasteiger partial charge in [0.25, 0.3) is 0 Å². The number of hydrogen-bond donors (Lipinski definition) is 5. The van der Waals surface area contributed by atoms with Crippen molar-refractivity contribution in [3.8, 4) is 5.75 Å². The van der Waals surface area contributed by atoms with Gasteiger partial charge in [0.1, 0.15) is 11.3 Å². The molecule has 0 unspecified atom stereocenters. The summed E-state index contributed by atoms with van der Waals surface area (Å²) in [6, 6.07) is 3.65. The van der Waals surface area contributed by atoms with Gasteiger partial charge in [-0.2, -0.15) is 0 Å². The van der Waals surface area contributed by atoms with Crippen molar-refractivity contribution in [1.29, 1.82) is 0 Å². The highest BCUT2D eigenvalue weighted by molar-refractivity contribution is 5.95. The lowest BCUT2D eigenvalue weighted by Gasteiger charge is -2.23. The van der Waals surface area contributed by atoms with Crippen molar-refractivity contribution in [1.82, 2.24) is 10.6 Å². The number of nitrogens with one attached hydrogen (secondary N) is 3. The summed E-state index contributed by atoms with van der Waals surface area (Å²) < 4.78 is 0. The Morgan fingerprint density at radius 1 is 1.25 bits per heavy atom. The number of phenols is 1. The molecule has 1 fully saturated rings. The van der Waals surface area contributed by atoms with E-state index in [1.807, 2.05) is 0 Å². The number of rotatable bonds is 3. The molecule has 0 saturated carbocycles. The number of aromatic carboxylic acids is 1. The first kappa shape index (κ1) is 14.1. The molecule has 108 valence electrons. The number of benzene rings is 1. The van der Waals surface area contributed by atoms with Gasteiger partial charge in [0.05, 0.1) is 0 Å². The SMILES string of the molecule is O=C(Nc1ccc(O)c(C(=O)O)c1)NC1CCNCC1. The molecule has 1 aliphatic rings. The van der Waals surface area contributed by atoms with Gasteiger partial charge in [0.2, 0.25) is 0 Å². The van der Waals surface area contributed by atoms with Crippen LogP contribution in [0.25, 0.3) is 0 Å². The Bertz CT molecular complexity index is 512. The second kappa shape index (κ2) is 6.25. The smallest absolute Gasteiger partial charge is 0.339 e. The Hall–Kier alpha value is -2.28. The van der Waals surface area contributed by atoms with Crippen LogP contribution in [0.4, 0.5) is 10.5 Å². The first-order valence-electron chi connectivity index (χ1n) is 6.41. The number of carboxylic acid groups (broad SMARTS) is 1. The molecule has 0 aliphatic carbocycles. The fourth-order valence-corrected chi connectivity index (χ4v) is 2.10. The Morgan fingerprint density at radius 3 is 2.60 bits per heavy atom. The highest BCUT2D eigenvalue weighted by Gasteiger charge is 2.16. The van der Waals surface area contributed by atoms with Crippen LogP contribution in [0.2, 0.25) is 0 Å². The van der Waals surface area contributed by atoms with Crippen LogP contribution in [0.3, 0.4) is 0 Å². The van der Waals surface area contributed by atoms with Gasteiger partial charge in [-0.25, -0.2) is 9.59 Å². The molecule has 1 aromatic carbocycles. The molecule has 2 amide bonds. The lowest BCUT2D eigenvalue weighted by Crippen LogP contribution is -2.44. The fraction of sp³-hybridized carbons (Fsp3) is 0.385. The van der Waals surface area contributed by atoms with E-state index >= 15 is 0 Å². The zero-order chi connectivity index (χ0) is 14.5. The number of anilines is 1. The van der Waals surface area contributed by atoms with Gasteiger partial charge in [0.15, 0.2) is 0 Å². The molecule has 1 saturated heterocycles. The molecule has 0 bridgehead atoms. The van der Waals surface area contributed by atoms with E-state index in [-0.39, 0.29) is 23.4 Å². The third kappa shape index (κ3) is 3.61. The number of carbonyl (C=O) groups excluding carboxylic acids is 1. The maximum absolute atomic E-state index is 11.8. The van der Waals surface area contributed by atoms with E-state index in [0.717, 1.165) is 25.9 Å². The van der Waals surface area contributed by atoms with E-state index in [1.54, 1.807) is 0 Å². The lowest BCUT2D eigenvalue weighted by atomic mass is 10.1. The molecule has 5 N–H and O–H groups in total. The van der Waals surface area contributed by atoms with Gasteiger partial charge in [-0.3, -0.25) is 0 Å². The minimum absolute atomic E-state index is 0.118.